The number of fused-ring (bicyclic) bond motifs is 2. The minimum Gasteiger partial charge on any atom is -0.462 e. The van der Waals surface area contributed by atoms with Gasteiger partial charge in [-0.3, -0.25) is 0 Å². The maximum Gasteiger partial charge on any atom is 0.331 e. The summed E-state index contributed by atoms with van der Waals surface area (Å²) in [5, 5.41) is 0. The van der Waals surface area contributed by atoms with Gasteiger partial charge in [0.1, 0.15) is 0 Å². The number of epoxide rings is 2. The van der Waals surface area contributed by atoms with Gasteiger partial charge >= 0.3 is 11.9 Å². The summed E-state index contributed by atoms with van der Waals surface area (Å²) >= 11 is 0. The fraction of sp³-hybridized carbons (Fsp3) is 0.778. The van der Waals surface area contributed by atoms with E-state index in [0.29, 0.717) is 49.5 Å². The van der Waals surface area contributed by atoms with Crippen molar-refractivity contribution in [3.05, 3.63) is 12.2 Å². The fourth-order valence-corrected chi connectivity index (χ4v) is 3.91. The first-order chi connectivity index (χ1) is 11.7. The number of ether oxygens (including phenoxy) is 4. The molecule has 4 fully saturated rings. The summed E-state index contributed by atoms with van der Waals surface area (Å²) in [5.41, 5.74) is 0. The Kier molecular flexibility index (Phi) is 4.59. The van der Waals surface area contributed by atoms with Crippen molar-refractivity contribution in [2.45, 2.75) is 62.9 Å². The van der Waals surface area contributed by atoms with Crippen LogP contribution >= 0.6 is 0 Å². The second-order valence-electron chi connectivity index (χ2n) is 7.38. The average Bonchev–Trinajstić information content (AvgIpc) is 3.49. The van der Waals surface area contributed by atoms with Crippen LogP contribution in [0.1, 0.15) is 38.5 Å². The van der Waals surface area contributed by atoms with E-state index in [0.717, 1.165) is 50.7 Å². The van der Waals surface area contributed by atoms with Crippen molar-refractivity contribution in [2.24, 2.45) is 11.8 Å². The van der Waals surface area contributed by atoms with Crippen molar-refractivity contribution in [3.8, 4) is 0 Å². The Bertz CT molecular complexity index is 484. The summed E-state index contributed by atoms with van der Waals surface area (Å²) in [4.78, 5) is 23.3. The highest BCUT2D eigenvalue weighted by Crippen LogP contribution is 2.40. The van der Waals surface area contributed by atoms with E-state index in [-0.39, 0.29) is 0 Å². The van der Waals surface area contributed by atoms with Gasteiger partial charge in [0.05, 0.1) is 37.6 Å². The van der Waals surface area contributed by atoms with Crippen LogP contribution in [0, 0.1) is 11.8 Å². The smallest absolute Gasteiger partial charge is 0.331 e. The lowest BCUT2D eigenvalue weighted by molar-refractivity contribution is -0.142. The lowest BCUT2D eigenvalue weighted by Crippen LogP contribution is -2.20. The molecule has 0 bridgehead atoms. The van der Waals surface area contributed by atoms with Gasteiger partial charge in [0, 0.05) is 12.2 Å². The molecule has 2 saturated heterocycles. The molecule has 2 aliphatic carbocycles. The quantitative estimate of drug-likeness (QED) is 0.418. The van der Waals surface area contributed by atoms with Crippen LogP contribution in [0.3, 0.4) is 0 Å². The average molecular weight is 336 g/mol. The molecule has 2 heterocycles. The fourth-order valence-electron chi connectivity index (χ4n) is 3.91. The van der Waals surface area contributed by atoms with Gasteiger partial charge in [-0.25, -0.2) is 9.59 Å². The molecule has 24 heavy (non-hydrogen) atoms. The molecule has 0 aromatic rings. The predicted molar refractivity (Wildman–Crippen MR) is 83.1 cm³/mol. The van der Waals surface area contributed by atoms with Gasteiger partial charge < -0.3 is 18.9 Å². The zero-order chi connectivity index (χ0) is 16.5. The lowest BCUT2D eigenvalue weighted by atomic mass is 9.90. The minimum absolute atomic E-state index is 0.373. The maximum absolute atomic E-state index is 11.7. The van der Waals surface area contributed by atoms with Crippen LogP contribution in [-0.2, 0) is 28.5 Å². The van der Waals surface area contributed by atoms with Gasteiger partial charge in [0.2, 0.25) is 0 Å². The van der Waals surface area contributed by atoms with Gasteiger partial charge in [-0.2, -0.15) is 0 Å². The Morgan fingerprint density at radius 1 is 0.750 bits per heavy atom. The van der Waals surface area contributed by atoms with Crippen LogP contribution in [0.15, 0.2) is 12.2 Å². The minimum atomic E-state index is -0.488. The Labute approximate surface area is 141 Å². The molecule has 4 aliphatic rings. The molecule has 0 spiro atoms. The molecule has 6 heteroatoms. The number of rotatable bonds is 6. The molecule has 0 amide bonds. The summed E-state index contributed by atoms with van der Waals surface area (Å²) < 4.78 is 21.3. The van der Waals surface area contributed by atoms with Crippen LogP contribution in [0.2, 0.25) is 0 Å². The molecule has 0 aromatic carbocycles. The highest BCUT2D eigenvalue weighted by molar-refractivity contribution is 5.91. The summed E-state index contributed by atoms with van der Waals surface area (Å²) in [6, 6.07) is 0. The monoisotopic (exact) mass is 336 g/mol. The summed E-state index contributed by atoms with van der Waals surface area (Å²) in [5.74, 6) is -0.231. The number of hydrogen-bond donors (Lipinski definition) is 0. The Morgan fingerprint density at radius 2 is 1.21 bits per heavy atom. The Morgan fingerprint density at radius 3 is 1.62 bits per heavy atom. The Hall–Kier alpha value is -1.40. The number of carbonyl (C=O) groups excluding carboxylic acids is 2. The SMILES string of the molecule is O=C(C=CC(=O)OCC1CCC2OC2C1)OCC1CCC2OC2C1. The third-order valence-corrected chi connectivity index (χ3v) is 5.50. The van der Waals surface area contributed by atoms with Crippen LogP contribution in [-0.4, -0.2) is 49.6 Å². The van der Waals surface area contributed by atoms with Crippen LogP contribution in [0.4, 0.5) is 0 Å². The summed E-state index contributed by atoms with van der Waals surface area (Å²) in [7, 11) is 0. The van der Waals surface area contributed by atoms with Gasteiger partial charge in [0.25, 0.3) is 0 Å². The molecule has 0 aromatic heterocycles. The van der Waals surface area contributed by atoms with Gasteiger partial charge in [-0.15, -0.1) is 0 Å². The first kappa shape index (κ1) is 16.1. The van der Waals surface area contributed by atoms with Crippen molar-refractivity contribution in [3.63, 3.8) is 0 Å². The second-order valence-corrected chi connectivity index (χ2v) is 7.38. The summed E-state index contributed by atoms with van der Waals surface area (Å²) in [6.45, 7) is 0.796. The normalized spacial score (nSPS) is 39.7. The first-order valence-electron chi connectivity index (χ1n) is 9.00. The molecule has 6 nitrogen and oxygen atoms in total. The third-order valence-electron chi connectivity index (χ3n) is 5.50. The Balaban J connectivity index is 1.10. The highest BCUT2D eigenvalue weighted by Gasteiger charge is 2.44. The molecule has 132 valence electrons. The van der Waals surface area contributed by atoms with Crippen molar-refractivity contribution >= 4 is 11.9 Å². The zero-order valence-corrected chi connectivity index (χ0v) is 13.7. The van der Waals surface area contributed by atoms with Gasteiger partial charge in [0.15, 0.2) is 0 Å². The molecule has 2 saturated carbocycles. The second kappa shape index (κ2) is 6.84. The van der Waals surface area contributed by atoms with Gasteiger partial charge in [-0.05, 0) is 50.4 Å². The van der Waals surface area contributed by atoms with E-state index in [9.17, 15) is 9.59 Å². The maximum atomic E-state index is 11.7. The largest absolute Gasteiger partial charge is 0.462 e. The number of carbonyl (C=O) groups is 2. The molecular formula is C18H24O6. The topological polar surface area (TPSA) is 77.7 Å². The van der Waals surface area contributed by atoms with Crippen LogP contribution in [0.25, 0.3) is 0 Å². The van der Waals surface area contributed by atoms with Crippen molar-refractivity contribution < 1.29 is 28.5 Å². The van der Waals surface area contributed by atoms with Crippen molar-refractivity contribution in [1.82, 2.24) is 0 Å². The molecule has 6 unspecified atom stereocenters. The molecular weight excluding hydrogens is 312 g/mol. The zero-order valence-electron chi connectivity index (χ0n) is 13.7. The van der Waals surface area contributed by atoms with E-state index in [1.54, 1.807) is 0 Å². The van der Waals surface area contributed by atoms with E-state index in [1.165, 1.54) is 0 Å². The standard InChI is InChI=1S/C18H24O6/c19-17(21-9-11-1-3-13-15(7-11)23-13)5-6-18(20)22-10-12-2-4-14-16(8-12)24-14/h5-6,11-16H,1-4,7-10H2. The molecule has 2 aliphatic heterocycles. The molecule has 0 N–H and O–H groups in total. The van der Waals surface area contributed by atoms with Crippen LogP contribution in [0.5, 0.6) is 0 Å². The van der Waals surface area contributed by atoms with E-state index < -0.39 is 11.9 Å². The van der Waals surface area contributed by atoms with Crippen LogP contribution < -0.4 is 0 Å². The number of hydrogen-bond acceptors (Lipinski definition) is 6. The molecule has 6 atom stereocenters. The van der Waals surface area contributed by atoms with Crippen molar-refractivity contribution in [1.29, 1.82) is 0 Å². The third kappa shape index (κ3) is 4.16. The van der Waals surface area contributed by atoms with Crippen molar-refractivity contribution in [2.75, 3.05) is 13.2 Å². The molecule has 0 radical (unpaired) electrons. The van der Waals surface area contributed by atoms with E-state index in [1.807, 2.05) is 0 Å². The summed E-state index contributed by atoms with van der Waals surface area (Å²) in [6.07, 6.45) is 10.1. The van der Waals surface area contributed by atoms with E-state index in [2.05, 4.69) is 0 Å². The predicted octanol–water partition coefficient (Wildman–Crippen LogP) is 1.76. The van der Waals surface area contributed by atoms with E-state index in [4.69, 9.17) is 18.9 Å². The first-order valence-corrected chi connectivity index (χ1v) is 9.00. The highest BCUT2D eigenvalue weighted by atomic mass is 16.6. The number of esters is 2. The molecule has 4 rings (SSSR count). The lowest BCUT2D eigenvalue weighted by Gasteiger charge is -2.18. The van der Waals surface area contributed by atoms with E-state index >= 15 is 0 Å². The van der Waals surface area contributed by atoms with Gasteiger partial charge in [-0.1, -0.05) is 0 Å².